The van der Waals surface area contributed by atoms with E-state index in [-0.39, 0.29) is 22.4 Å². The van der Waals surface area contributed by atoms with Crippen LogP contribution in [-0.4, -0.2) is 26.8 Å². The molecule has 7 nitrogen and oxygen atoms in total. The van der Waals surface area contributed by atoms with Crippen molar-refractivity contribution in [2.24, 2.45) is 0 Å². The van der Waals surface area contributed by atoms with Gasteiger partial charge in [-0.2, -0.15) is 0 Å². The van der Waals surface area contributed by atoms with Crippen LogP contribution < -0.4 is 14.9 Å². The fourth-order valence-electron chi connectivity index (χ4n) is 4.35. The van der Waals surface area contributed by atoms with Gasteiger partial charge in [0.2, 0.25) is 5.91 Å². The lowest BCUT2D eigenvalue weighted by Gasteiger charge is -2.26. The minimum atomic E-state index is -4.08. The van der Waals surface area contributed by atoms with Gasteiger partial charge in [-0.3, -0.25) is 13.9 Å². The molecule has 40 heavy (non-hydrogen) atoms. The molecule has 4 rings (SSSR count). The van der Waals surface area contributed by atoms with Crippen LogP contribution in [0.3, 0.4) is 0 Å². The molecule has 0 aliphatic rings. The molecule has 0 aliphatic carbocycles. The van der Waals surface area contributed by atoms with E-state index in [0.29, 0.717) is 11.4 Å². The fourth-order valence-corrected chi connectivity index (χ4v) is 5.83. The first-order valence-electron chi connectivity index (χ1n) is 13.0. The van der Waals surface area contributed by atoms with E-state index in [2.05, 4.69) is 10.6 Å². The minimum Gasteiger partial charge on any atom is -0.345 e. The molecule has 0 saturated heterocycles. The van der Waals surface area contributed by atoms with Crippen molar-refractivity contribution in [3.63, 3.8) is 0 Å². The molecule has 0 bridgehead atoms. The van der Waals surface area contributed by atoms with Crippen molar-refractivity contribution in [1.29, 1.82) is 0 Å². The highest BCUT2D eigenvalue weighted by Gasteiger charge is 2.29. The van der Waals surface area contributed by atoms with E-state index in [9.17, 15) is 18.0 Å². The number of nitrogens with zero attached hydrogens (tertiary/aromatic N) is 1. The summed E-state index contributed by atoms with van der Waals surface area (Å²) in [6.07, 6.45) is 0. The number of carbonyl (C=O) groups excluding carboxylic acids is 2. The largest absolute Gasteiger partial charge is 0.345 e. The van der Waals surface area contributed by atoms with Crippen LogP contribution in [0.5, 0.6) is 0 Å². The average molecular weight is 556 g/mol. The first-order chi connectivity index (χ1) is 19.1. The van der Waals surface area contributed by atoms with Gasteiger partial charge in [0, 0.05) is 0 Å². The lowest BCUT2D eigenvalue weighted by Crippen LogP contribution is -2.39. The highest BCUT2D eigenvalue weighted by atomic mass is 32.2. The van der Waals surface area contributed by atoms with E-state index in [4.69, 9.17) is 0 Å². The Bertz CT molecular complexity index is 1620. The first kappa shape index (κ1) is 28.6. The first-order valence-corrected chi connectivity index (χ1v) is 14.4. The van der Waals surface area contributed by atoms with Gasteiger partial charge >= 0.3 is 0 Å². The number of nitrogens with one attached hydrogen (secondary N) is 2. The van der Waals surface area contributed by atoms with E-state index in [0.717, 1.165) is 26.6 Å². The Balaban J connectivity index is 1.61. The zero-order valence-electron chi connectivity index (χ0n) is 23.0. The van der Waals surface area contributed by atoms with Crippen molar-refractivity contribution in [2.75, 3.05) is 16.2 Å². The van der Waals surface area contributed by atoms with Gasteiger partial charge in [-0.25, -0.2) is 8.42 Å². The van der Waals surface area contributed by atoms with Gasteiger partial charge in [-0.1, -0.05) is 72.3 Å². The van der Waals surface area contributed by atoms with Crippen LogP contribution in [0.2, 0.25) is 0 Å². The summed E-state index contributed by atoms with van der Waals surface area (Å²) in [4.78, 5) is 26.6. The molecule has 0 aliphatic heterocycles. The van der Waals surface area contributed by atoms with Crippen LogP contribution in [0.25, 0.3) is 0 Å². The van der Waals surface area contributed by atoms with Crippen molar-refractivity contribution in [3.8, 4) is 0 Å². The third kappa shape index (κ3) is 6.40. The molecule has 2 amide bonds. The maximum Gasteiger partial charge on any atom is 0.264 e. The number of amides is 2. The molecule has 4 aromatic rings. The molecule has 0 radical (unpaired) electrons. The van der Waals surface area contributed by atoms with Crippen molar-refractivity contribution in [1.82, 2.24) is 5.32 Å². The number of hydrogen-bond acceptors (Lipinski definition) is 4. The summed E-state index contributed by atoms with van der Waals surface area (Å²) in [5.74, 6) is -0.932. The predicted octanol–water partition coefficient (Wildman–Crippen LogP) is 5.94. The molecular formula is C32H33N3O4S. The van der Waals surface area contributed by atoms with Crippen LogP contribution in [0, 0.1) is 20.8 Å². The summed E-state index contributed by atoms with van der Waals surface area (Å²) in [7, 11) is -4.08. The molecule has 2 N–H and O–H groups in total. The molecule has 8 heteroatoms. The summed E-state index contributed by atoms with van der Waals surface area (Å²) in [5.41, 5.74) is 4.50. The molecule has 0 saturated carbocycles. The Hall–Kier alpha value is -4.43. The quantitative estimate of drug-likeness (QED) is 0.267. The van der Waals surface area contributed by atoms with Crippen LogP contribution in [0.1, 0.15) is 45.6 Å². The highest BCUT2D eigenvalue weighted by Crippen LogP contribution is 2.29. The standard InChI is InChI=1S/C32H33N3O4S/c1-22-17-19-27(20-18-22)40(38,39)35(30-16-10-11-23(2)24(30)3)21-31(36)34-29-15-9-8-14-28(29)32(37)33-25(4)26-12-6-5-7-13-26/h5-20,25H,21H2,1-4H3,(H,33,37)(H,34,36)/t25-/m0/s1. The van der Waals surface area contributed by atoms with Crippen molar-refractivity contribution in [2.45, 2.75) is 38.6 Å². The Labute approximate surface area is 235 Å². The maximum absolute atomic E-state index is 13.8. The van der Waals surface area contributed by atoms with Crippen LogP contribution in [-0.2, 0) is 14.8 Å². The molecule has 0 aromatic heterocycles. The molecule has 0 spiro atoms. The van der Waals surface area contributed by atoms with Gasteiger partial charge in [-0.05, 0) is 74.7 Å². The van der Waals surface area contributed by atoms with Crippen molar-refractivity contribution >= 4 is 33.2 Å². The molecule has 0 heterocycles. The summed E-state index contributed by atoms with van der Waals surface area (Å²) in [5, 5.41) is 5.73. The second-order valence-corrected chi connectivity index (χ2v) is 11.6. The minimum absolute atomic E-state index is 0.0847. The van der Waals surface area contributed by atoms with E-state index in [1.165, 1.54) is 12.1 Å². The van der Waals surface area contributed by atoms with E-state index >= 15 is 0 Å². The van der Waals surface area contributed by atoms with Gasteiger partial charge in [0.1, 0.15) is 6.54 Å². The van der Waals surface area contributed by atoms with Crippen LogP contribution in [0.15, 0.2) is 102 Å². The third-order valence-electron chi connectivity index (χ3n) is 6.83. The number of benzene rings is 4. The molecule has 4 aromatic carbocycles. The molecule has 206 valence electrons. The van der Waals surface area contributed by atoms with E-state index < -0.39 is 22.5 Å². The number of hydrogen-bond donors (Lipinski definition) is 2. The number of anilines is 2. The molecular weight excluding hydrogens is 522 g/mol. The maximum atomic E-state index is 13.8. The number of aryl methyl sites for hydroxylation is 2. The fraction of sp³-hybridized carbons (Fsp3) is 0.188. The van der Waals surface area contributed by atoms with Crippen molar-refractivity contribution in [3.05, 3.63) is 125 Å². The van der Waals surface area contributed by atoms with E-state index in [1.54, 1.807) is 48.5 Å². The molecule has 0 fully saturated rings. The molecule has 1 atom stereocenters. The Kier molecular flexibility index (Phi) is 8.70. The number of para-hydroxylation sites is 1. The summed E-state index contributed by atoms with van der Waals surface area (Å²) in [6, 6.07) is 27.8. The Morgan fingerprint density at radius 1 is 0.800 bits per heavy atom. The monoisotopic (exact) mass is 555 g/mol. The highest BCUT2D eigenvalue weighted by molar-refractivity contribution is 7.92. The topological polar surface area (TPSA) is 95.6 Å². The van der Waals surface area contributed by atoms with Crippen LogP contribution >= 0.6 is 0 Å². The summed E-state index contributed by atoms with van der Waals surface area (Å²) in [6.45, 7) is 7.00. The van der Waals surface area contributed by atoms with Crippen molar-refractivity contribution < 1.29 is 18.0 Å². The number of carbonyl (C=O) groups is 2. The zero-order valence-corrected chi connectivity index (χ0v) is 23.8. The SMILES string of the molecule is Cc1ccc(S(=O)(=O)N(CC(=O)Nc2ccccc2C(=O)N[C@@H](C)c2ccccc2)c2cccc(C)c2C)cc1. The summed E-state index contributed by atoms with van der Waals surface area (Å²) >= 11 is 0. The van der Waals surface area contributed by atoms with Crippen LogP contribution in [0.4, 0.5) is 11.4 Å². The third-order valence-corrected chi connectivity index (χ3v) is 8.61. The second-order valence-electron chi connectivity index (χ2n) is 9.74. The number of sulfonamides is 1. The number of rotatable bonds is 9. The van der Waals surface area contributed by atoms with Gasteiger partial charge in [0.25, 0.3) is 15.9 Å². The smallest absolute Gasteiger partial charge is 0.264 e. The Morgan fingerprint density at radius 2 is 1.45 bits per heavy atom. The lowest BCUT2D eigenvalue weighted by atomic mass is 10.1. The normalized spacial score (nSPS) is 11.9. The van der Waals surface area contributed by atoms with Gasteiger partial charge < -0.3 is 10.6 Å². The predicted molar refractivity (Wildman–Crippen MR) is 159 cm³/mol. The molecule has 0 unspecified atom stereocenters. The van der Waals surface area contributed by atoms with Gasteiger partial charge in [-0.15, -0.1) is 0 Å². The van der Waals surface area contributed by atoms with Gasteiger partial charge in [0.15, 0.2) is 0 Å². The average Bonchev–Trinajstić information content (AvgIpc) is 2.94. The van der Waals surface area contributed by atoms with Gasteiger partial charge in [0.05, 0.1) is 27.9 Å². The summed E-state index contributed by atoms with van der Waals surface area (Å²) < 4.78 is 28.7. The second kappa shape index (κ2) is 12.2. The Morgan fingerprint density at radius 3 is 2.15 bits per heavy atom. The lowest BCUT2D eigenvalue weighted by molar-refractivity contribution is -0.114. The zero-order chi connectivity index (χ0) is 28.9. The van der Waals surface area contributed by atoms with E-state index in [1.807, 2.05) is 64.1 Å².